The van der Waals surface area contributed by atoms with Crippen LogP contribution in [0.1, 0.15) is 31.7 Å². The minimum absolute atomic E-state index is 0.588. The summed E-state index contributed by atoms with van der Waals surface area (Å²) in [5, 5.41) is 3.59. The number of nitrogens with one attached hydrogen (secondary N) is 1. The third-order valence-corrected chi connectivity index (χ3v) is 3.97. The Morgan fingerprint density at radius 1 is 1.28 bits per heavy atom. The van der Waals surface area contributed by atoms with Gasteiger partial charge < -0.3 is 14.8 Å². The Balaban J connectivity index is 1.95. The second-order valence-corrected chi connectivity index (χ2v) is 5.04. The third kappa shape index (κ3) is 2.96. The van der Waals surface area contributed by atoms with Gasteiger partial charge in [-0.05, 0) is 31.7 Å². The first kappa shape index (κ1) is 13.2. The van der Waals surface area contributed by atoms with Gasteiger partial charge >= 0.3 is 0 Å². The number of hydrogen-bond acceptors (Lipinski definition) is 3. The van der Waals surface area contributed by atoms with Crippen molar-refractivity contribution in [3.8, 4) is 11.5 Å². The lowest BCUT2D eigenvalue weighted by Gasteiger charge is -2.32. The van der Waals surface area contributed by atoms with Crippen LogP contribution in [0.15, 0.2) is 18.2 Å². The molecule has 0 bridgehead atoms. The van der Waals surface area contributed by atoms with E-state index in [1.807, 2.05) is 12.1 Å². The Kier molecular flexibility index (Phi) is 4.48. The fraction of sp³-hybridized carbons (Fsp3) is 0.600. The molecule has 1 aliphatic carbocycles. The predicted octanol–water partition coefficient (Wildman–Crippen LogP) is 2.98. The molecular formula is C15H23NO2. The molecule has 1 saturated carbocycles. The van der Waals surface area contributed by atoms with Gasteiger partial charge in [-0.15, -0.1) is 0 Å². The summed E-state index contributed by atoms with van der Waals surface area (Å²) in [6.07, 6.45) is 4.13. The SMILES string of the molecule is COc1ccc(CN[C@H](C)C2CCC2)c(OC)c1. The topological polar surface area (TPSA) is 30.5 Å². The molecular weight excluding hydrogens is 226 g/mol. The average molecular weight is 249 g/mol. The van der Waals surface area contributed by atoms with Crippen molar-refractivity contribution < 1.29 is 9.47 Å². The van der Waals surface area contributed by atoms with Crippen LogP contribution in [-0.2, 0) is 6.54 Å². The summed E-state index contributed by atoms with van der Waals surface area (Å²) in [6.45, 7) is 3.13. The van der Waals surface area contributed by atoms with Crippen LogP contribution in [0.2, 0.25) is 0 Å². The second-order valence-electron chi connectivity index (χ2n) is 5.04. The van der Waals surface area contributed by atoms with Gasteiger partial charge in [0.05, 0.1) is 14.2 Å². The number of hydrogen-bond donors (Lipinski definition) is 1. The molecule has 3 heteroatoms. The van der Waals surface area contributed by atoms with E-state index in [1.54, 1.807) is 14.2 Å². The van der Waals surface area contributed by atoms with Gasteiger partial charge in [-0.1, -0.05) is 12.5 Å². The molecule has 0 heterocycles. The molecule has 1 aromatic rings. The fourth-order valence-electron chi connectivity index (χ4n) is 2.38. The Morgan fingerprint density at radius 3 is 2.61 bits per heavy atom. The van der Waals surface area contributed by atoms with Gasteiger partial charge in [-0.25, -0.2) is 0 Å². The molecule has 0 spiro atoms. The second kappa shape index (κ2) is 6.10. The highest BCUT2D eigenvalue weighted by Gasteiger charge is 2.23. The molecule has 0 aliphatic heterocycles. The molecule has 1 N–H and O–H groups in total. The lowest BCUT2D eigenvalue weighted by atomic mass is 9.80. The van der Waals surface area contributed by atoms with Crippen molar-refractivity contribution in [1.82, 2.24) is 5.32 Å². The summed E-state index contributed by atoms with van der Waals surface area (Å²) in [5.41, 5.74) is 1.18. The molecule has 1 atom stereocenters. The van der Waals surface area contributed by atoms with Gasteiger partial charge in [0.15, 0.2) is 0 Å². The smallest absolute Gasteiger partial charge is 0.127 e. The van der Waals surface area contributed by atoms with Crippen molar-refractivity contribution in [2.45, 2.75) is 38.8 Å². The van der Waals surface area contributed by atoms with E-state index in [2.05, 4.69) is 18.3 Å². The summed E-state index contributed by atoms with van der Waals surface area (Å²) >= 11 is 0. The highest BCUT2D eigenvalue weighted by molar-refractivity contribution is 5.40. The largest absolute Gasteiger partial charge is 0.497 e. The molecule has 1 aromatic carbocycles. The minimum atomic E-state index is 0.588. The number of rotatable bonds is 6. The van der Waals surface area contributed by atoms with Crippen molar-refractivity contribution >= 4 is 0 Å². The molecule has 0 amide bonds. The first-order valence-electron chi connectivity index (χ1n) is 6.69. The summed E-state index contributed by atoms with van der Waals surface area (Å²) in [6, 6.07) is 6.57. The van der Waals surface area contributed by atoms with Gasteiger partial charge in [0.1, 0.15) is 11.5 Å². The van der Waals surface area contributed by atoms with Crippen LogP contribution < -0.4 is 14.8 Å². The van der Waals surface area contributed by atoms with Crippen molar-refractivity contribution in [2.24, 2.45) is 5.92 Å². The van der Waals surface area contributed by atoms with E-state index in [0.717, 1.165) is 24.0 Å². The molecule has 0 saturated heterocycles. The zero-order valence-electron chi connectivity index (χ0n) is 11.5. The van der Waals surface area contributed by atoms with E-state index in [-0.39, 0.29) is 0 Å². The van der Waals surface area contributed by atoms with E-state index in [9.17, 15) is 0 Å². The zero-order valence-corrected chi connectivity index (χ0v) is 11.5. The molecule has 18 heavy (non-hydrogen) atoms. The molecule has 0 radical (unpaired) electrons. The van der Waals surface area contributed by atoms with Crippen LogP contribution in [0.25, 0.3) is 0 Å². The van der Waals surface area contributed by atoms with Crippen molar-refractivity contribution in [3.05, 3.63) is 23.8 Å². The molecule has 3 nitrogen and oxygen atoms in total. The molecule has 1 fully saturated rings. The highest BCUT2D eigenvalue weighted by atomic mass is 16.5. The van der Waals surface area contributed by atoms with Crippen molar-refractivity contribution in [2.75, 3.05) is 14.2 Å². The molecule has 1 aliphatic rings. The van der Waals surface area contributed by atoms with Crippen LogP contribution in [0.3, 0.4) is 0 Å². The molecule has 100 valence electrons. The van der Waals surface area contributed by atoms with Gasteiger partial charge in [0, 0.05) is 24.2 Å². The number of methoxy groups -OCH3 is 2. The number of ether oxygens (including phenoxy) is 2. The first-order chi connectivity index (χ1) is 8.74. The van der Waals surface area contributed by atoms with Gasteiger partial charge in [0.2, 0.25) is 0 Å². The summed E-state index contributed by atoms with van der Waals surface area (Å²) in [7, 11) is 3.37. The first-order valence-corrected chi connectivity index (χ1v) is 6.69. The van der Waals surface area contributed by atoms with E-state index in [1.165, 1.54) is 24.8 Å². The zero-order chi connectivity index (χ0) is 13.0. The van der Waals surface area contributed by atoms with Gasteiger partial charge in [0.25, 0.3) is 0 Å². The lowest BCUT2D eigenvalue weighted by molar-refractivity contribution is 0.239. The maximum absolute atomic E-state index is 5.40. The Bertz CT molecular complexity index is 388. The van der Waals surface area contributed by atoms with E-state index in [0.29, 0.717) is 6.04 Å². The predicted molar refractivity (Wildman–Crippen MR) is 73.2 cm³/mol. The van der Waals surface area contributed by atoms with Gasteiger partial charge in [-0.2, -0.15) is 0 Å². The van der Waals surface area contributed by atoms with E-state index < -0.39 is 0 Å². The Morgan fingerprint density at radius 2 is 2.06 bits per heavy atom. The van der Waals surface area contributed by atoms with Crippen LogP contribution in [0.5, 0.6) is 11.5 Å². The minimum Gasteiger partial charge on any atom is -0.497 e. The average Bonchev–Trinajstić information content (AvgIpc) is 2.34. The van der Waals surface area contributed by atoms with Crippen molar-refractivity contribution in [1.29, 1.82) is 0 Å². The Hall–Kier alpha value is -1.22. The Labute approximate surface area is 109 Å². The maximum atomic E-state index is 5.40. The number of benzene rings is 1. The standard InChI is InChI=1S/C15H23NO2/c1-11(12-5-4-6-12)16-10-13-7-8-14(17-2)9-15(13)18-3/h7-9,11-12,16H,4-6,10H2,1-3H3/t11-/m1/s1. The van der Waals surface area contributed by atoms with Crippen LogP contribution >= 0.6 is 0 Å². The summed E-state index contributed by atoms with van der Waals surface area (Å²) in [4.78, 5) is 0. The monoisotopic (exact) mass is 249 g/mol. The molecule has 0 aromatic heterocycles. The van der Waals surface area contributed by atoms with Crippen molar-refractivity contribution in [3.63, 3.8) is 0 Å². The summed E-state index contributed by atoms with van der Waals surface area (Å²) in [5.74, 6) is 2.58. The summed E-state index contributed by atoms with van der Waals surface area (Å²) < 4.78 is 10.6. The van der Waals surface area contributed by atoms with E-state index >= 15 is 0 Å². The molecule has 2 rings (SSSR count). The highest BCUT2D eigenvalue weighted by Crippen LogP contribution is 2.30. The van der Waals surface area contributed by atoms with Gasteiger partial charge in [-0.3, -0.25) is 0 Å². The normalized spacial score (nSPS) is 17.1. The van der Waals surface area contributed by atoms with Crippen LogP contribution in [0.4, 0.5) is 0 Å². The lowest BCUT2D eigenvalue weighted by Crippen LogP contribution is -2.36. The molecule has 0 unspecified atom stereocenters. The third-order valence-electron chi connectivity index (χ3n) is 3.97. The van der Waals surface area contributed by atoms with Crippen LogP contribution in [0, 0.1) is 5.92 Å². The fourth-order valence-corrected chi connectivity index (χ4v) is 2.38. The quantitative estimate of drug-likeness (QED) is 0.840. The van der Waals surface area contributed by atoms with E-state index in [4.69, 9.17) is 9.47 Å². The maximum Gasteiger partial charge on any atom is 0.127 e. The van der Waals surface area contributed by atoms with Crippen LogP contribution in [-0.4, -0.2) is 20.3 Å².